The van der Waals surface area contributed by atoms with Crippen molar-refractivity contribution in [3.63, 3.8) is 0 Å². The third-order valence-corrected chi connectivity index (χ3v) is 3.05. The third-order valence-electron chi connectivity index (χ3n) is 3.05. The van der Waals surface area contributed by atoms with Crippen LogP contribution >= 0.6 is 0 Å². The van der Waals surface area contributed by atoms with Gasteiger partial charge in [0, 0.05) is 12.2 Å². The first-order valence-electron chi connectivity index (χ1n) is 6.49. The van der Waals surface area contributed by atoms with Crippen LogP contribution in [0.4, 0.5) is 0 Å². The maximum absolute atomic E-state index is 12.4. The molecule has 0 spiro atoms. The molecule has 0 aliphatic rings. The van der Waals surface area contributed by atoms with Crippen molar-refractivity contribution in [2.45, 2.75) is 39.7 Å². The lowest BCUT2D eigenvalue weighted by atomic mass is 9.92. The van der Waals surface area contributed by atoms with E-state index in [0.29, 0.717) is 25.2 Å². The number of hydrogen-bond acceptors (Lipinski definition) is 3. The number of rotatable bonds is 7. The first-order valence-corrected chi connectivity index (χ1v) is 6.49. The molecule has 0 N–H and O–H groups in total. The Hall–Kier alpha value is -1.35. The average Bonchev–Trinajstić information content (AvgIpc) is 2.39. The lowest BCUT2D eigenvalue weighted by molar-refractivity contribution is -0.0116. The Labute approximate surface area is 109 Å². The van der Waals surface area contributed by atoms with Gasteiger partial charge in [0.15, 0.2) is 5.78 Å². The molecule has 1 aromatic rings. The van der Waals surface area contributed by atoms with Crippen LogP contribution in [-0.2, 0) is 4.74 Å². The summed E-state index contributed by atoms with van der Waals surface area (Å²) in [4.78, 5) is 12.4. The van der Waals surface area contributed by atoms with E-state index in [2.05, 4.69) is 0 Å². The van der Waals surface area contributed by atoms with Crippen molar-refractivity contribution in [3.05, 3.63) is 29.8 Å². The summed E-state index contributed by atoms with van der Waals surface area (Å²) in [5.74, 6) is 0.804. The summed E-state index contributed by atoms with van der Waals surface area (Å²) in [5.41, 5.74) is -0.0710. The average molecular weight is 250 g/mol. The van der Waals surface area contributed by atoms with E-state index in [1.807, 2.05) is 39.8 Å². The fourth-order valence-electron chi connectivity index (χ4n) is 1.82. The summed E-state index contributed by atoms with van der Waals surface area (Å²) in [5, 5.41) is 0. The van der Waals surface area contributed by atoms with Crippen LogP contribution in [0, 0.1) is 0 Å². The molecule has 0 radical (unpaired) electrons. The van der Waals surface area contributed by atoms with Crippen molar-refractivity contribution in [1.82, 2.24) is 0 Å². The molecule has 0 saturated carbocycles. The molecule has 0 aliphatic carbocycles. The van der Waals surface area contributed by atoms with Gasteiger partial charge in [0.2, 0.25) is 0 Å². The second-order valence-corrected chi connectivity index (χ2v) is 4.30. The number of Topliss-reactive ketones (excluding diaryl/α,β-unsaturated/α-hetero) is 1. The van der Waals surface area contributed by atoms with E-state index in [-0.39, 0.29) is 5.78 Å². The second-order valence-electron chi connectivity index (χ2n) is 4.30. The molecule has 100 valence electrons. The molecule has 0 heterocycles. The quantitative estimate of drug-likeness (QED) is 0.695. The Balaban J connectivity index is 2.88. The normalized spacial score (nSPS) is 14.0. The molecule has 0 bridgehead atoms. The fraction of sp³-hybridized carbons (Fsp3) is 0.533. The van der Waals surface area contributed by atoms with Gasteiger partial charge in [-0.1, -0.05) is 6.92 Å². The molecular weight excluding hydrogens is 228 g/mol. The fourth-order valence-corrected chi connectivity index (χ4v) is 1.82. The van der Waals surface area contributed by atoms with E-state index in [1.54, 1.807) is 12.1 Å². The van der Waals surface area contributed by atoms with Gasteiger partial charge in [-0.2, -0.15) is 0 Å². The van der Waals surface area contributed by atoms with Crippen molar-refractivity contribution in [1.29, 1.82) is 0 Å². The van der Waals surface area contributed by atoms with Crippen LogP contribution in [0.15, 0.2) is 24.3 Å². The molecule has 18 heavy (non-hydrogen) atoms. The van der Waals surface area contributed by atoms with Gasteiger partial charge in [-0.15, -0.1) is 0 Å². The number of ketones is 1. The van der Waals surface area contributed by atoms with Crippen LogP contribution < -0.4 is 4.74 Å². The van der Waals surface area contributed by atoms with E-state index in [0.717, 1.165) is 5.75 Å². The van der Waals surface area contributed by atoms with E-state index in [4.69, 9.17) is 9.47 Å². The van der Waals surface area contributed by atoms with Gasteiger partial charge in [-0.05, 0) is 51.5 Å². The molecule has 0 aliphatic heterocycles. The van der Waals surface area contributed by atoms with E-state index in [9.17, 15) is 4.79 Å². The van der Waals surface area contributed by atoms with Crippen LogP contribution in [0.3, 0.4) is 0 Å². The van der Waals surface area contributed by atoms with Crippen LogP contribution in [0.25, 0.3) is 0 Å². The molecule has 3 nitrogen and oxygen atoms in total. The first-order chi connectivity index (χ1) is 8.57. The van der Waals surface area contributed by atoms with Gasteiger partial charge in [-0.3, -0.25) is 4.79 Å². The SMILES string of the molecule is CCOc1ccc(C(=O)C(C)(CC)OCC)cc1. The monoisotopic (exact) mass is 250 g/mol. The summed E-state index contributed by atoms with van der Waals surface area (Å²) in [6.07, 6.45) is 0.660. The van der Waals surface area contributed by atoms with Gasteiger partial charge in [-0.25, -0.2) is 0 Å². The van der Waals surface area contributed by atoms with Gasteiger partial charge in [0.1, 0.15) is 11.4 Å². The van der Waals surface area contributed by atoms with Crippen molar-refractivity contribution in [2.75, 3.05) is 13.2 Å². The maximum Gasteiger partial charge on any atom is 0.194 e. The molecule has 1 rings (SSSR count). The number of ether oxygens (including phenoxy) is 2. The van der Waals surface area contributed by atoms with Crippen LogP contribution in [0.2, 0.25) is 0 Å². The molecule has 0 aromatic heterocycles. The Kier molecular flexibility index (Phi) is 5.35. The Morgan fingerprint density at radius 1 is 1.11 bits per heavy atom. The minimum atomic E-state index is -0.734. The molecular formula is C15H22O3. The summed E-state index contributed by atoms with van der Waals surface area (Å²) in [6.45, 7) is 8.80. The number of hydrogen-bond donors (Lipinski definition) is 0. The topological polar surface area (TPSA) is 35.5 Å². The third kappa shape index (κ3) is 3.33. The van der Waals surface area contributed by atoms with Gasteiger partial charge in [0.05, 0.1) is 6.61 Å². The number of benzene rings is 1. The smallest absolute Gasteiger partial charge is 0.194 e. The summed E-state index contributed by atoms with van der Waals surface area (Å²) >= 11 is 0. The highest BCUT2D eigenvalue weighted by molar-refractivity contribution is 6.02. The van der Waals surface area contributed by atoms with Crippen LogP contribution in [-0.4, -0.2) is 24.6 Å². The summed E-state index contributed by atoms with van der Waals surface area (Å²) in [6, 6.07) is 7.22. The van der Waals surface area contributed by atoms with E-state index >= 15 is 0 Å². The zero-order valence-corrected chi connectivity index (χ0v) is 11.7. The predicted molar refractivity (Wildman–Crippen MR) is 72.3 cm³/mol. The van der Waals surface area contributed by atoms with Gasteiger partial charge in [0.25, 0.3) is 0 Å². The highest BCUT2D eigenvalue weighted by atomic mass is 16.5. The number of carbonyl (C=O) groups is 1. The minimum Gasteiger partial charge on any atom is -0.494 e. The zero-order valence-electron chi connectivity index (χ0n) is 11.7. The summed E-state index contributed by atoms with van der Waals surface area (Å²) < 4.78 is 10.9. The lowest BCUT2D eigenvalue weighted by Gasteiger charge is -2.26. The molecule has 0 fully saturated rings. The van der Waals surface area contributed by atoms with Crippen LogP contribution in [0.5, 0.6) is 5.75 Å². The molecule has 0 amide bonds. The van der Waals surface area contributed by atoms with Crippen molar-refractivity contribution >= 4 is 5.78 Å². The zero-order chi connectivity index (χ0) is 13.6. The Morgan fingerprint density at radius 2 is 1.72 bits per heavy atom. The van der Waals surface area contributed by atoms with Crippen LogP contribution in [0.1, 0.15) is 44.5 Å². The van der Waals surface area contributed by atoms with Crippen molar-refractivity contribution in [2.24, 2.45) is 0 Å². The Bertz CT molecular complexity index is 383. The molecule has 1 aromatic carbocycles. The van der Waals surface area contributed by atoms with Crippen molar-refractivity contribution in [3.8, 4) is 5.75 Å². The predicted octanol–water partition coefficient (Wildman–Crippen LogP) is 3.47. The van der Waals surface area contributed by atoms with E-state index < -0.39 is 5.60 Å². The highest BCUT2D eigenvalue weighted by Crippen LogP contribution is 2.23. The molecule has 1 atom stereocenters. The Morgan fingerprint density at radius 3 is 2.17 bits per heavy atom. The molecule has 1 unspecified atom stereocenters. The first kappa shape index (κ1) is 14.7. The van der Waals surface area contributed by atoms with Gasteiger partial charge < -0.3 is 9.47 Å². The number of carbonyl (C=O) groups excluding carboxylic acids is 1. The van der Waals surface area contributed by atoms with Gasteiger partial charge >= 0.3 is 0 Å². The maximum atomic E-state index is 12.4. The standard InChI is InChI=1S/C15H22O3/c1-5-15(4,18-7-3)14(16)12-8-10-13(11-9-12)17-6-2/h8-11H,5-7H2,1-4H3. The second kappa shape index (κ2) is 6.55. The minimum absolute atomic E-state index is 0.0231. The lowest BCUT2D eigenvalue weighted by Crippen LogP contribution is -2.37. The highest BCUT2D eigenvalue weighted by Gasteiger charge is 2.32. The molecule has 0 saturated heterocycles. The molecule has 3 heteroatoms. The van der Waals surface area contributed by atoms with Crippen molar-refractivity contribution < 1.29 is 14.3 Å². The van der Waals surface area contributed by atoms with E-state index in [1.165, 1.54) is 0 Å². The largest absolute Gasteiger partial charge is 0.494 e. The summed E-state index contributed by atoms with van der Waals surface area (Å²) in [7, 11) is 0.